The molecule has 0 saturated carbocycles. The lowest BCUT2D eigenvalue weighted by Gasteiger charge is -2.27. The van der Waals surface area contributed by atoms with Crippen LogP contribution in [-0.2, 0) is 24.4 Å². The maximum atomic E-state index is 12.9. The van der Waals surface area contributed by atoms with Gasteiger partial charge in [0.05, 0.1) is 0 Å². The number of carbonyl (C=O) groups excluding carboxylic acids is 2. The molecule has 6 heteroatoms. The molecule has 0 bridgehead atoms. The van der Waals surface area contributed by atoms with Crippen molar-refractivity contribution in [2.24, 2.45) is 0 Å². The number of hydrogen-bond donors (Lipinski definition) is 1. The summed E-state index contributed by atoms with van der Waals surface area (Å²) in [6.07, 6.45) is -0.356. The summed E-state index contributed by atoms with van der Waals surface area (Å²) in [6.45, 7) is 6.81. The number of ether oxygens (including phenoxy) is 2. The van der Waals surface area contributed by atoms with E-state index in [1.54, 1.807) is 17.0 Å². The van der Waals surface area contributed by atoms with E-state index in [-0.39, 0.29) is 12.0 Å². The Kier molecular flexibility index (Phi) is 9.00. The predicted octanol–water partition coefficient (Wildman–Crippen LogP) is 7.46. The molecule has 39 heavy (non-hydrogen) atoms. The average Bonchev–Trinajstić information content (AvgIpc) is 2.92. The molecule has 0 saturated heterocycles. The lowest BCUT2D eigenvalue weighted by atomic mass is 10.1. The minimum absolute atomic E-state index is 0.156. The lowest BCUT2D eigenvalue weighted by molar-refractivity contribution is 0.0216. The summed E-state index contributed by atoms with van der Waals surface area (Å²) in [5.41, 5.74) is 3.67. The van der Waals surface area contributed by atoms with Crippen LogP contribution in [0.5, 0.6) is 5.75 Å². The van der Waals surface area contributed by atoms with Crippen LogP contribution in [0.1, 0.15) is 47.8 Å². The molecule has 0 radical (unpaired) electrons. The second-order valence-corrected chi connectivity index (χ2v) is 10.3. The zero-order valence-corrected chi connectivity index (χ0v) is 22.6. The molecule has 0 aliphatic heterocycles. The zero-order valence-electron chi connectivity index (χ0n) is 22.6. The second-order valence-electron chi connectivity index (χ2n) is 10.3. The molecule has 0 atom stereocenters. The van der Waals surface area contributed by atoms with Crippen LogP contribution in [0, 0.1) is 0 Å². The molecule has 0 fully saturated rings. The van der Waals surface area contributed by atoms with E-state index in [1.807, 2.05) is 118 Å². The second kappa shape index (κ2) is 12.8. The van der Waals surface area contributed by atoms with E-state index in [2.05, 4.69) is 5.32 Å². The van der Waals surface area contributed by atoms with Crippen LogP contribution in [0.2, 0.25) is 0 Å². The van der Waals surface area contributed by atoms with E-state index in [9.17, 15) is 9.59 Å². The first-order valence-corrected chi connectivity index (χ1v) is 12.9. The number of amides is 2. The van der Waals surface area contributed by atoms with Crippen LogP contribution in [-0.4, -0.2) is 22.5 Å². The van der Waals surface area contributed by atoms with Crippen molar-refractivity contribution in [2.75, 3.05) is 5.32 Å². The number of nitrogens with zero attached hydrogens (tertiary/aromatic N) is 1. The summed E-state index contributed by atoms with van der Waals surface area (Å²) in [5.74, 6) is 0.557. The molecule has 6 nitrogen and oxygen atoms in total. The summed E-state index contributed by atoms with van der Waals surface area (Å²) >= 11 is 0. The predicted molar refractivity (Wildman–Crippen MR) is 154 cm³/mol. The number of hydrogen-bond acceptors (Lipinski definition) is 4. The van der Waals surface area contributed by atoms with Gasteiger partial charge in [0, 0.05) is 24.3 Å². The summed E-state index contributed by atoms with van der Waals surface area (Å²) in [5, 5.41) is 2.93. The van der Waals surface area contributed by atoms with Gasteiger partial charge in [0.1, 0.15) is 18.0 Å². The minimum Gasteiger partial charge on any atom is -0.489 e. The molecule has 0 heterocycles. The molecular weight excluding hydrogens is 488 g/mol. The van der Waals surface area contributed by atoms with Crippen LogP contribution in [0.3, 0.4) is 0 Å². The quantitative estimate of drug-likeness (QED) is 0.248. The third-order valence-corrected chi connectivity index (χ3v) is 5.79. The van der Waals surface area contributed by atoms with E-state index in [1.165, 1.54) is 0 Å². The van der Waals surface area contributed by atoms with Crippen molar-refractivity contribution in [3.63, 3.8) is 0 Å². The Morgan fingerprint density at radius 1 is 0.718 bits per heavy atom. The molecular formula is C33H34N2O4. The van der Waals surface area contributed by atoms with Gasteiger partial charge in [-0.2, -0.15) is 0 Å². The highest BCUT2D eigenvalue weighted by Crippen LogP contribution is 2.20. The van der Waals surface area contributed by atoms with Gasteiger partial charge in [-0.05, 0) is 73.9 Å². The zero-order chi connectivity index (χ0) is 27.7. The maximum Gasteiger partial charge on any atom is 0.410 e. The first kappa shape index (κ1) is 27.5. The average molecular weight is 523 g/mol. The Labute approximate surface area is 230 Å². The molecule has 0 unspecified atom stereocenters. The Morgan fingerprint density at radius 3 is 1.95 bits per heavy atom. The molecule has 200 valence electrons. The van der Waals surface area contributed by atoms with E-state index in [0.29, 0.717) is 36.7 Å². The van der Waals surface area contributed by atoms with E-state index < -0.39 is 5.60 Å². The molecule has 4 aromatic carbocycles. The highest BCUT2D eigenvalue weighted by atomic mass is 16.6. The SMILES string of the molecule is CC(C)(C)OC(=O)N(Cc1ccccc1)Cc1ccc(OCc2cccc(NC(=O)c3ccccc3)c2)cc1. The molecule has 0 spiro atoms. The van der Waals surface area contributed by atoms with Gasteiger partial charge in [-0.1, -0.05) is 72.8 Å². The third kappa shape index (κ3) is 8.75. The Balaban J connectivity index is 1.36. The van der Waals surface area contributed by atoms with Crippen LogP contribution in [0.25, 0.3) is 0 Å². The lowest BCUT2D eigenvalue weighted by Crippen LogP contribution is -2.36. The van der Waals surface area contributed by atoms with Crippen molar-refractivity contribution >= 4 is 17.7 Å². The largest absolute Gasteiger partial charge is 0.489 e. The summed E-state index contributed by atoms with van der Waals surface area (Å²) < 4.78 is 11.6. The van der Waals surface area contributed by atoms with E-state index >= 15 is 0 Å². The van der Waals surface area contributed by atoms with Gasteiger partial charge in [0.2, 0.25) is 0 Å². The summed E-state index contributed by atoms with van der Waals surface area (Å²) in [7, 11) is 0. The number of benzene rings is 4. The highest BCUT2D eigenvalue weighted by Gasteiger charge is 2.22. The highest BCUT2D eigenvalue weighted by molar-refractivity contribution is 6.04. The van der Waals surface area contributed by atoms with Crippen LogP contribution in [0.15, 0.2) is 109 Å². The maximum absolute atomic E-state index is 12.9. The van der Waals surface area contributed by atoms with Gasteiger partial charge in [-0.3, -0.25) is 9.69 Å². The van der Waals surface area contributed by atoms with Crippen molar-refractivity contribution in [3.05, 3.63) is 131 Å². The monoisotopic (exact) mass is 522 g/mol. The van der Waals surface area contributed by atoms with Crippen LogP contribution >= 0.6 is 0 Å². The molecule has 0 aliphatic carbocycles. The smallest absolute Gasteiger partial charge is 0.410 e. The molecule has 4 aromatic rings. The summed E-state index contributed by atoms with van der Waals surface area (Å²) in [6, 6.07) is 34.3. The fourth-order valence-electron chi connectivity index (χ4n) is 3.93. The number of anilines is 1. The topological polar surface area (TPSA) is 67.9 Å². The molecule has 1 N–H and O–H groups in total. The van der Waals surface area contributed by atoms with Crippen molar-refractivity contribution in [1.29, 1.82) is 0 Å². The number of carbonyl (C=O) groups is 2. The first-order valence-electron chi connectivity index (χ1n) is 12.9. The normalized spacial score (nSPS) is 10.9. The first-order chi connectivity index (χ1) is 18.7. The van der Waals surface area contributed by atoms with Gasteiger partial charge in [0.15, 0.2) is 0 Å². The fraction of sp³-hybridized carbons (Fsp3) is 0.212. The Morgan fingerprint density at radius 2 is 1.31 bits per heavy atom. The number of rotatable bonds is 9. The molecule has 4 rings (SSSR count). The fourth-order valence-corrected chi connectivity index (χ4v) is 3.93. The van der Waals surface area contributed by atoms with Gasteiger partial charge < -0.3 is 14.8 Å². The van der Waals surface area contributed by atoms with Crippen molar-refractivity contribution in [3.8, 4) is 5.75 Å². The van der Waals surface area contributed by atoms with E-state index in [4.69, 9.17) is 9.47 Å². The van der Waals surface area contributed by atoms with Crippen LogP contribution < -0.4 is 10.1 Å². The minimum atomic E-state index is -0.578. The van der Waals surface area contributed by atoms with Gasteiger partial charge in [-0.15, -0.1) is 0 Å². The molecule has 0 aromatic heterocycles. The third-order valence-electron chi connectivity index (χ3n) is 5.79. The van der Waals surface area contributed by atoms with Gasteiger partial charge >= 0.3 is 6.09 Å². The molecule has 0 aliphatic rings. The molecule has 2 amide bonds. The van der Waals surface area contributed by atoms with Crippen molar-refractivity contribution < 1.29 is 19.1 Å². The van der Waals surface area contributed by atoms with Crippen LogP contribution in [0.4, 0.5) is 10.5 Å². The van der Waals surface area contributed by atoms with Gasteiger partial charge in [0.25, 0.3) is 5.91 Å². The van der Waals surface area contributed by atoms with Crippen molar-refractivity contribution in [1.82, 2.24) is 4.90 Å². The standard InChI is InChI=1S/C33H34N2O4/c1-33(2,3)39-32(37)35(22-25-11-6-4-7-12-25)23-26-17-19-30(20-18-26)38-24-27-13-10-16-29(21-27)34-31(36)28-14-8-5-9-15-28/h4-21H,22-24H2,1-3H3,(H,34,36). The Hall–Kier alpha value is -4.58. The Bertz CT molecular complexity index is 1360. The van der Waals surface area contributed by atoms with E-state index in [0.717, 1.165) is 16.7 Å². The van der Waals surface area contributed by atoms with Gasteiger partial charge in [-0.25, -0.2) is 4.79 Å². The summed E-state index contributed by atoms with van der Waals surface area (Å²) in [4.78, 5) is 27.1. The number of nitrogens with one attached hydrogen (secondary N) is 1. The van der Waals surface area contributed by atoms with Crippen molar-refractivity contribution in [2.45, 2.75) is 46.1 Å².